The SMILES string of the molecule is C[C@H](C(=O)NC1(C#N)CCCCC1)N(C)c1ccc2ccccc2c1. The van der Waals surface area contributed by atoms with E-state index in [9.17, 15) is 10.1 Å². The third kappa shape index (κ3) is 3.61. The van der Waals surface area contributed by atoms with Crippen LogP contribution in [0.25, 0.3) is 10.8 Å². The number of rotatable bonds is 4. The van der Waals surface area contributed by atoms with Crippen LogP contribution < -0.4 is 10.2 Å². The lowest BCUT2D eigenvalue weighted by molar-refractivity contribution is -0.123. The number of anilines is 1. The maximum Gasteiger partial charge on any atom is 0.243 e. The Hall–Kier alpha value is -2.54. The molecule has 1 fully saturated rings. The van der Waals surface area contributed by atoms with Gasteiger partial charge in [0.2, 0.25) is 5.91 Å². The van der Waals surface area contributed by atoms with Gasteiger partial charge >= 0.3 is 0 Å². The van der Waals surface area contributed by atoms with Crippen LogP contribution in [0.3, 0.4) is 0 Å². The molecular weight excluding hydrogens is 310 g/mol. The lowest BCUT2D eigenvalue weighted by Gasteiger charge is -2.34. The molecule has 0 aliphatic heterocycles. The van der Waals surface area contributed by atoms with Gasteiger partial charge in [-0.3, -0.25) is 4.79 Å². The van der Waals surface area contributed by atoms with Crippen molar-refractivity contribution < 1.29 is 4.79 Å². The first kappa shape index (κ1) is 17.3. The van der Waals surface area contributed by atoms with Crippen molar-refractivity contribution in [1.29, 1.82) is 5.26 Å². The van der Waals surface area contributed by atoms with Crippen molar-refractivity contribution in [2.24, 2.45) is 0 Å². The van der Waals surface area contributed by atoms with Crippen molar-refractivity contribution in [3.63, 3.8) is 0 Å². The van der Waals surface area contributed by atoms with Gasteiger partial charge in [0.15, 0.2) is 0 Å². The fourth-order valence-corrected chi connectivity index (χ4v) is 3.56. The molecule has 25 heavy (non-hydrogen) atoms. The number of hydrogen-bond acceptors (Lipinski definition) is 3. The third-order valence-corrected chi connectivity index (χ3v) is 5.38. The summed E-state index contributed by atoms with van der Waals surface area (Å²) in [5.41, 5.74) is 0.310. The van der Waals surface area contributed by atoms with Crippen LogP contribution in [0.15, 0.2) is 42.5 Å². The first-order chi connectivity index (χ1) is 12.0. The summed E-state index contributed by atoms with van der Waals surface area (Å²) < 4.78 is 0. The Kier molecular flexibility index (Phi) is 4.94. The highest BCUT2D eigenvalue weighted by atomic mass is 16.2. The van der Waals surface area contributed by atoms with E-state index in [4.69, 9.17) is 0 Å². The molecule has 4 heteroatoms. The molecule has 1 atom stereocenters. The number of carbonyl (C=O) groups is 1. The molecule has 1 saturated carbocycles. The lowest BCUT2D eigenvalue weighted by Crippen LogP contribution is -2.54. The van der Waals surface area contributed by atoms with E-state index in [1.807, 2.05) is 37.1 Å². The highest BCUT2D eigenvalue weighted by molar-refractivity contribution is 5.89. The van der Waals surface area contributed by atoms with E-state index in [1.54, 1.807) is 0 Å². The van der Waals surface area contributed by atoms with E-state index < -0.39 is 5.54 Å². The molecule has 1 N–H and O–H groups in total. The van der Waals surface area contributed by atoms with Crippen LogP contribution in [0.2, 0.25) is 0 Å². The van der Waals surface area contributed by atoms with E-state index in [0.29, 0.717) is 0 Å². The number of carbonyl (C=O) groups excluding carboxylic acids is 1. The van der Waals surface area contributed by atoms with Gasteiger partial charge < -0.3 is 10.2 Å². The molecule has 0 aromatic heterocycles. The van der Waals surface area contributed by atoms with Crippen molar-refractivity contribution in [2.45, 2.75) is 50.6 Å². The van der Waals surface area contributed by atoms with Crippen LogP contribution >= 0.6 is 0 Å². The second-order valence-electron chi connectivity index (χ2n) is 7.06. The summed E-state index contributed by atoms with van der Waals surface area (Å²) in [5, 5.41) is 14.9. The molecule has 0 radical (unpaired) electrons. The molecule has 2 aromatic carbocycles. The predicted molar refractivity (Wildman–Crippen MR) is 101 cm³/mol. The smallest absolute Gasteiger partial charge is 0.243 e. The molecule has 3 rings (SSSR count). The highest BCUT2D eigenvalue weighted by Gasteiger charge is 2.35. The average Bonchev–Trinajstić information content (AvgIpc) is 2.67. The summed E-state index contributed by atoms with van der Waals surface area (Å²) in [6, 6.07) is 16.4. The Balaban J connectivity index is 1.75. The van der Waals surface area contributed by atoms with Crippen LogP contribution in [0.4, 0.5) is 5.69 Å². The van der Waals surface area contributed by atoms with Gasteiger partial charge in [-0.25, -0.2) is 0 Å². The fraction of sp³-hybridized carbons (Fsp3) is 0.429. The van der Waals surface area contributed by atoms with Crippen molar-refractivity contribution in [3.8, 4) is 6.07 Å². The van der Waals surface area contributed by atoms with Gasteiger partial charge in [0.05, 0.1) is 6.07 Å². The minimum Gasteiger partial charge on any atom is -0.363 e. The first-order valence-corrected chi connectivity index (χ1v) is 9.00. The Bertz CT molecular complexity index is 802. The van der Waals surface area contributed by atoms with Crippen molar-refractivity contribution in [1.82, 2.24) is 5.32 Å². The van der Waals surface area contributed by atoms with Crippen molar-refractivity contribution in [3.05, 3.63) is 42.5 Å². The minimum atomic E-state index is -0.687. The summed E-state index contributed by atoms with van der Waals surface area (Å²) in [6.07, 6.45) is 4.65. The van der Waals surface area contributed by atoms with Crippen molar-refractivity contribution in [2.75, 3.05) is 11.9 Å². The zero-order valence-corrected chi connectivity index (χ0v) is 15.0. The molecule has 2 aromatic rings. The summed E-state index contributed by atoms with van der Waals surface area (Å²) in [4.78, 5) is 14.7. The number of nitriles is 1. The Morgan fingerprint density at radius 3 is 2.52 bits per heavy atom. The number of nitrogens with one attached hydrogen (secondary N) is 1. The average molecular weight is 335 g/mol. The van der Waals surface area contributed by atoms with E-state index in [1.165, 1.54) is 5.39 Å². The molecular formula is C21H25N3O. The number of fused-ring (bicyclic) bond motifs is 1. The fourth-order valence-electron chi connectivity index (χ4n) is 3.56. The van der Waals surface area contributed by atoms with E-state index >= 15 is 0 Å². The van der Waals surface area contributed by atoms with E-state index in [2.05, 4.69) is 35.7 Å². The van der Waals surface area contributed by atoms with Gasteiger partial charge in [-0.05, 0) is 42.7 Å². The van der Waals surface area contributed by atoms with Crippen LogP contribution in [-0.2, 0) is 4.79 Å². The van der Waals surface area contributed by atoms with Crippen LogP contribution in [0, 0.1) is 11.3 Å². The molecule has 4 nitrogen and oxygen atoms in total. The summed E-state index contributed by atoms with van der Waals surface area (Å²) in [7, 11) is 1.92. The van der Waals surface area contributed by atoms with Gasteiger partial charge in [0.1, 0.15) is 11.6 Å². The van der Waals surface area contributed by atoms with Gasteiger partial charge in [-0.2, -0.15) is 5.26 Å². The van der Waals surface area contributed by atoms with Gasteiger partial charge in [-0.1, -0.05) is 49.6 Å². The predicted octanol–water partition coefficient (Wildman–Crippen LogP) is 4.01. The normalized spacial score (nSPS) is 17.5. The Morgan fingerprint density at radius 2 is 1.84 bits per heavy atom. The third-order valence-electron chi connectivity index (χ3n) is 5.38. The summed E-state index contributed by atoms with van der Waals surface area (Å²) in [5.74, 6) is -0.0842. The molecule has 1 aliphatic carbocycles. The van der Waals surface area contributed by atoms with Gasteiger partial charge in [0, 0.05) is 12.7 Å². The number of nitrogens with zero attached hydrogens (tertiary/aromatic N) is 2. The minimum absolute atomic E-state index is 0.0842. The monoisotopic (exact) mass is 335 g/mol. The zero-order chi connectivity index (χ0) is 17.9. The maximum atomic E-state index is 12.7. The van der Waals surface area contributed by atoms with Gasteiger partial charge in [0.25, 0.3) is 0 Å². The first-order valence-electron chi connectivity index (χ1n) is 9.00. The van der Waals surface area contributed by atoms with E-state index in [-0.39, 0.29) is 11.9 Å². The largest absolute Gasteiger partial charge is 0.363 e. The van der Waals surface area contributed by atoms with Crippen molar-refractivity contribution >= 4 is 22.4 Å². The number of amides is 1. The molecule has 1 aliphatic rings. The molecule has 0 saturated heterocycles. The van der Waals surface area contributed by atoms with Crippen LogP contribution in [0.1, 0.15) is 39.0 Å². The topological polar surface area (TPSA) is 56.1 Å². The standard InChI is InChI=1S/C21H25N3O/c1-16(20(25)23-21(15-22)12-6-3-7-13-21)24(2)19-11-10-17-8-4-5-9-18(17)14-19/h4-5,8-11,14,16H,3,6-7,12-13H2,1-2H3,(H,23,25)/t16-/m1/s1. The summed E-state index contributed by atoms with van der Waals surface area (Å²) >= 11 is 0. The quantitative estimate of drug-likeness (QED) is 0.918. The zero-order valence-electron chi connectivity index (χ0n) is 15.0. The van der Waals surface area contributed by atoms with Gasteiger partial charge in [-0.15, -0.1) is 0 Å². The number of likely N-dealkylation sites (N-methyl/N-ethyl adjacent to an activating group) is 1. The molecule has 0 bridgehead atoms. The molecule has 1 amide bonds. The molecule has 130 valence electrons. The Labute approximate surface area is 149 Å². The lowest BCUT2D eigenvalue weighted by atomic mass is 9.82. The van der Waals surface area contributed by atoms with E-state index in [0.717, 1.165) is 43.2 Å². The van der Waals surface area contributed by atoms with Crippen LogP contribution in [0.5, 0.6) is 0 Å². The number of hydrogen-bond donors (Lipinski definition) is 1. The van der Waals surface area contributed by atoms with Crippen LogP contribution in [-0.4, -0.2) is 24.5 Å². The Morgan fingerprint density at radius 1 is 1.16 bits per heavy atom. The maximum absolute atomic E-state index is 12.7. The molecule has 0 spiro atoms. The second-order valence-corrected chi connectivity index (χ2v) is 7.06. The summed E-state index contributed by atoms with van der Waals surface area (Å²) in [6.45, 7) is 1.89. The second kappa shape index (κ2) is 7.14. The number of benzene rings is 2. The molecule has 0 unspecified atom stereocenters. The molecule has 0 heterocycles. The highest BCUT2D eigenvalue weighted by Crippen LogP contribution is 2.28.